The number of aryl methyl sites for hydroxylation is 1. The highest BCUT2D eigenvalue weighted by Crippen LogP contribution is 2.44. The van der Waals surface area contributed by atoms with Crippen LogP contribution in [0.1, 0.15) is 37.7 Å². The van der Waals surface area contributed by atoms with Crippen LogP contribution >= 0.6 is 0 Å². The van der Waals surface area contributed by atoms with Crippen molar-refractivity contribution < 1.29 is 14.3 Å². The Morgan fingerprint density at radius 2 is 2.08 bits per heavy atom. The third-order valence-electron chi connectivity index (χ3n) is 3.85. The van der Waals surface area contributed by atoms with Crippen LogP contribution in [0.4, 0.5) is 0 Å². The fourth-order valence-electron chi connectivity index (χ4n) is 2.74. The smallest absolute Gasteiger partial charge is 0.196 e. The standard InChI is InChI=1S/C20H20O4/c1-11(2)6-7-13-17(22)16-15(21)10-12(3)23-19(16)14-8-9-20(4,5)24-18(13)14/h6-10,22H,1H2,2-5H3/b7-6+. The van der Waals surface area contributed by atoms with Gasteiger partial charge in [0.15, 0.2) is 11.0 Å². The van der Waals surface area contributed by atoms with E-state index in [2.05, 4.69) is 6.58 Å². The Bertz CT molecular complexity index is 972. The molecule has 0 unspecified atom stereocenters. The molecule has 3 rings (SSSR count). The number of phenols is 1. The second-order valence-electron chi connectivity index (χ2n) is 6.65. The van der Waals surface area contributed by atoms with Crippen LogP contribution in [0, 0.1) is 6.92 Å². The van der Waals surface area contributed by atoms with Gasteiger partial charge in [-0.15, -0.1) is 0 Å². The molecule has 24 heavy (non-hydrogen) atoms. The molecule has 1 aromatic carbocycles. The van der Waals surface area contributed by atoms with Gasteiger partial charge >= 0.3 is 0 Å². The number of phenolic OH excluding ortho intramolecular Hbond substituents is 1. The topological polar surface area (TPSA) is 59.7 Å². The molecule has 4 heteroatoms. The number of ether oxygens (including phenoxy) is 1. The lowest BCUT2D eigenvalue weighted by Gasteiger charge is -2.29. The molecule has 1 aliphatic rings. The largest absolute Gasteiger partial charge is 0.506 e. The maximum atomic E-state index is 12.4. The van der Waals surface area contributed by atoms with Crippen LogP contribution in [0.25, 0.3) is 23.1 Å². The average molecular weight is 324 g/mol. The molecule has 124 valence electrons. The zero-order chi connectivity index (χ0) is 17.6. The predicted octanol–water partition coefficient (Wildman–Crippen LogP) is 4.58. The molecule has 2 aromatic rings. The minimum absolute atomic E-state index is 0.138. The van der Waals surface area contributed by atoms with E-state index >= 15 is 0 Å². The van der Waals surface area contributed by atoms with Crippen molar-refractivity contribution in [3.05, 3.63) is 57.5 Å². The lowest BCUT2D eigenvalue weighted by Crippen LogP contribution is -2.28. The number of benzene rings is 1. The van der Waals surface area contributed by atoms with E-state index in [9.17, 15) is 9.90 Å². The number of allylic oxidation sites excluding steroid dienone is 2. The Labute approximate surface area is 140 Å². The van der Waals surface area contributed by atoms with Gasteiger partial charge in [0.25, 0.3) is 0 Å². The number of aromatic hydroxyl groups is 1. The molecule has 1 N–H and O–H groups in total. The Kier molecular flexibility index (Phi) is 3.63. The Hall–Kier alpha value is -2.75. The van der Waals surface area contributed by atoms with Crippen LogP contribution in [0.15, 0.2) is 39.6 Å². The third kappa shape index (κ3) is 2.64. The number of rotatable bonds is 2. The molecule has 4 nitrogen and oxygen atoms in total. The third-order valence-corrected chi connectivity index (χ3v) is 3.85. The Morgan fingerprint density at radius 3 is 2.75 bits per heavy atom. The van der Waals surface area contributed by atoms with E-state index in [1.54, 1.807) is 19.1 Å². The molecule has 0 fully saturated rings. The number of hydrogen-bond donors (Lipinski definition) is 1. The van der Waals surface area contributed by atoms with Crippen LogP contribution in [-0.2, 0) is 0 Å². The molecule has 0 spiro atoms. The molecular formula is C20H20O4. The molecule has 1 aliphatic heterocycles. The SMILES string of the molecule is C=C(C)/C=C/c1c2c(c3oc(C)cc(=O)c3c1O)C=CC(C)(C)O2. The summed E-state index contributed by atoms with van der Waals surface area (Å²) in [6, 6.07) is 1.37. The van der Waals surface area contributed by atoms with Crippen molar-refractivity contribution in [2.75, 3.05) is 0 Å². The summed E-state index contributed by atoms with van der Waals surface area (Å²) < 4.78 is 11.8. The summed E-state index contributed by atoms with van der Waals surface area (Å²) in [4.78, 5) is 12.4. The molecular weight excluding hydrogens is 304 g/mol. The summed E-state index contributed by atoms with van der Waals surface area (Å²) in [5.41, 5.74) is 1.47. The Morgan fingerprint density at radius 1 is 1.38 bits per heavy atom. The maximum Gasteiger partial charge on any atom is 0.196 e. The van der Waals surface area contributed by atoms with Crippen LogP contribution < -0.4 is 10.2 Å². The van der Waals surface area contributed by atoms with E-state index in [0.717, 1.165) is 5.57 Å². The fraction of sp³-hybridized carbons (Fsp3) is 0.250. The van der Waals surface area contributed by atoms with E-state index in [4.69, 9.17) is 9.15 Å². The molecule has 0 radical (unpaired) electrons. The summed E-state index contributed by atoms with van der Waals surface area (Å²) in [5.74, 6) is 0.845. The second-order valence-corrected chi connectivity index (χ2v) is 6.65. The zero-order valence-corrected chi connectivity index (χ0v) is 14.3. The van der Waals surface area contributed by atoms with Gasteiger partial charge in [-0.2, -0.15) is 0 Å². The van der Waals surface area contributed by atoms with Gasteiger partial charge in [0.1, 0.15) is 28.2 Å². The normalized spacial score (nSPS) is 15.5. The van der Waals surface area contributed by atoms with Crippen molar-refractivity contribution in [3.63, 3.8) is 0 Å². The minimum atomic E-state index is -0.525. The summed E-state index contributed by atoms with van der Waals surface area (Å²) in [5, 5.41) is 10.9. The highest BCUT2D eigenvalue weighted by molar-refractivity contribution is 5.98. The minimum Gasteiger partial charge on any atom is -0.506 e. The molecule has 0 saturated carbocycles. The van der Waals surface area contributed by atoms with E-state index in [0.29, 0.717) is 28.2 Å². The molecule has 0 bridgehead atoms. The van der Waals surface area contributed by atoms with Crippen molar-refractivity contribution in [2.45, 2.75) is 33.3 Å². The van der Waals surface area contributed by atoms with E-state index in [1.165, 1.54) is 6.07 Å². The molecule has 2 heterocycles. The zero-order valence-electron chi connectivity index (χ0n) is 14.3. The van der Waals surface area contributed by atoms with Crippen molar-refractivity contribution in [2.24, 2.45) is 0 Å². The first-order valence-corrected chi connectivity index (χ1v) is 7.75. The van der Waals surface area contributed by atoms with E-state index in [1.807, 2.05) is 32.9 Å². The van der Waals surface area contributed by atoms with Gasteiger partial charge in [-0.3, -0.25) is 4.79 Å². The highest BCUT2D eigenvalue weighted by atomic mass is 16.5. The summed E-state index contributed by atoms with van der Waals surface area (Å²) in [6.45, 7) is 11.2. The predicted molar refractivity (Wildman–Crippen MR) is 96.5 cm³/mol. The molecule has 0 aliphatic carbocycles. The van der Waals surface area contributed by atoms with Crippen molar-refractivity contribution in [3.8, 4) is 11.5 Å². The fourth-order valence-corrected chi connectivity index (χ4v) is 2.74. The lowest BCUT2D eigenvalue weighted by molar-refractivity contribution is 0.158. The number of hydrogen-bond acceptors (Lipinski definition) is 4. The van der Waals surface area contributed by atoms with Crippen LogP contribution in [0.2, 0.25) is 0 Å². The molecule has 0 saturated heterocycles. The monoisotopic (exact) mass is 324 g/mol. The summed E-state index contributed by atoms with van der Waals surface area (Å²) in [6.07, 6.45) is 7.26. The molecule has 0 amide bonds. The Balaban J connectivity index is 2.47. The van der Waals surface area contributed by atoms with Gasteiger partial charge in [0.05, 0.1) is 11.1 Å². The molecule has 0 atom stereocenters. The first kappa shape index (κ1) is 16.1. The lowest BCUT2D eigenvalue weighted by atomic mass is 9.96. The van der Waals surface area contributed by atoms with Crippen molar-refractivity contribution in [1.82, 2.24) is 0 Å². The van der Waals surface area contributed by atoms with Crippen LogP contribution in [0.5, 0.6) is 11.5 Å². The van der Waals surface area contributed by atoms with Gasteiger partial charge in [0.2, 0.25) is 0 Å². The quantitative estimate of drug-likeness (QED) is 0.821. The van der Waals surface area contributed by atoms with E-state index < -0.39 is 5.60 Å². The van der Waals surface area contributed by atoms with Crippen LogP contribution in [0.3, 0.4) is 0 Å². The van der Waals surface area contributed by atoms with Gasteiger partial charge in [-0.1, -0.05) is 18.2 Å². The van der Waals surface area contributed by atoms with Gasteiger partial charge in [-0.25, -0.2) is 0 Å². The van der Waals surface area contributed by atoms with E-state index in [-0.39, 0.29) is 16.6 Å². The van der Waals surface area contributed by atoms with Gasteiger partial charge < -0.3 is 14.3 Å². The van der Waals surface area contributed by atoms with Crippen molar-refractivity contribution in [1.29, 1.82) is 0 Å². The summed E-state index contributed by atoms with van der Waals surface area (Å²) >= 11 is 0. The number of fused-ring (bicyclic) bond motifs is 3. The second kappa shape index (κ2) is 5.41. The average Bonchev–Trinajstić information content (AvgIpc) is 2.44. The summed E-state index contributed by atoms with van der Waals surface area (Å²) in [7, 11) is 0. The first-order valence-electron chi connectivity index (χ1n) is 7.75. The van der Waals surface area contributed by atoms with Crippen molar-refractivity contribution >= 4 is 23.1 Å². The van der Waals surface area contributed by atoms with Crippen LogP contribution in [-0.4, -0.2) is 10.7 Å². The first-order chi connectivity index (χ1) is 11.2. The van der Waals surface area contributed by atoms with Gasteiger partial charge in [-0.05, 0) is 45.9 Å². The molecule has 1 aromatic heterocycles. The maximum absolute atomic E-state index is 12.4. The van der Waals surface area contributed by atoms with Gasteiger partial charge in [0, 0.05) is 6.07 Å². The highest BCUT2D eigenvalue weighted by Gasteiger charge is 2.29.